The van der Waals surface area contributed by atoms with Gasteiger partial charge in [0.25, 0.3) is 0 Å². The van der Waals surface area contributed by atoms with Gasteiger partial charge in [0.05, 0.1) is 0 Å². The Morgan fingerprint density at radius 3 is 2.78 bits per heavy atom. The molecule has 0 saturated heterocycles. The average molecular weight is 307 g/mol. The third kappa shape index (κ3) is 2.36. The predicted octanol–water partition coefficient (Wildman–Crippen LogP) is 5.42. The standard InChI is InChI=1S/C21H25NO/c1-3-8-14-16(9-4-2)22-17-11-7-13-19-21(17)20(14)15-10-5-6-12-18(15)23-19/h5-6,10,12,19H,3-4,7-9,11,13H2,1-2H3. The van der Waals surface area contributed by atoms with Crippen LogP contribution in [0, 0.1) is 0 Å². The number of aryl methyl sites for hydroxylation is 2. The van der Waals surface area contributed by atoms with Crippen molar-refractivity contribution in [3.63, 3.8) is 0 Å². The van der Waals surface area contributed by atoms with Crippen LogP contribution in [0.2, 0.25) is 0 Å². The first-order valence-corrected chi connectivity index (χ1v) is 9.14. The van der Waals surface area contributed by atoms with Gasteiger partial charge in [0, 0.05) is 22.5 Å². The summed E-state index contributed by atoms with van der Waals surface area (Å²) in [4.78, 5) is 5.11. The van der Waals surface area contributed by atoms with Crippen molar-refractivity contribution >= 4 is 0 Å². The molecule has 0 fully saturated rings. The van der Waals surface area contributed by atoms with Gasteiger partial charge in [0.2, 0.25) is 0 Å². The summed E-state index contributed by atoms with van der Waals surface area (Å²) in [5.74, 6) is 1.06. The number of pyridine rings is 1. The summed E-state index contributed by atoms with van der Waals surface area (Å²) < 4.78 is 6.33. The minimum atomic E-state index is 0.211. The van der Waals surface area contributed by atoms with Gasteiger partial charge in [-0.25, -0.2) is 0 Å². The first kappa shape index (κ1) is 14.7. The molecule has 1 unspecified atom stereocenters. The van der Waals surface area contributed by atoms with Crippen LogP contribution < -0.4 is 4.74 Å². The molecule has 2 aliphatic rings. The second-order valence-electron chi connectivity index (χ2n) is 6.77. The topological polar surface area (TPSA) is 22.1 Å². The van der Waals surface area contributed by atoms with Crippen LogP contribution in [0.5, 0.6) is 5.75 Å². The third-order valence-corrected chi connectivity index (χ3v) is 5.11. The minimum Gasteiger partial charge on any atom is -0.485 e. The lowest BCUT2D eigenvalue weighted by atomic mass is 9.80. The molecule has 120 valence electrons. The van der Waals surface area contributed by atoms with Crippen molar-refractivity contribution in [3.8, 4) is 16.9 Å². The Kier molecular flexibility index (Phi) is 3.84. The van der Waals surface area contributed by atoms with E-state index in [-0.39, 0.29) is 6.10 Å². The van der Waals surface area contributed by atoms with Crippen LogP contribution in [-0.4, -0.2) is 4.98 Å². The Balaban J connectivity index is 2.02. The molecule has 0 N–H and O–H groups in total. The highest BCUT2D eigenvalue weighted by atomic mass is 16.5. The maximum atomic E-state index is 6.33. The molecule has 0 spiro atoms. The number of benzene rings is 1. The molecule has 4 rings (SSSR count). The summed E-state index contributed by atoms with van der Waals surface area (Å²) in [5, 5.41) is 0. The highest BCUT2D eigenvalue weighted by molar-refractivity contribution is 5.80. The van der Waals surface area contributed by atoms with Crippen LogP contribution in [0.25, 0.3) is 11.1 Å². The Hall–Kier alpha value is -1.83. The summed E-state index contributed by atoms with van der Waals surface area (Å²) in [6, 6.07) is 8.57. The van der Waals surface area contributed by atoms with Crippen LogP contribution in [0.15, 0.2) is 24.3 Å². The zero-order chi connectivity index (χ0) is 15.8. The van der Waals surface area contributed by atoms with Crippen molar-refractivity contribution in [1.82, 2.24) is 4.98 Å². The molecule has 23 heavy (non-hydrogen) atoms. The summed E-state index contributed by atoms with van der Waals surface area (Å²) >= 11 is 0. The van der Waals surface area contributed by atoms with Gasteiger partial charge in [-0.2, -0.15) is 0 Å². The fourth-order valence-corrected chi connectivity index (χ4v) is 4.20. The molecule has 2 nitrogen and oxygen atoms in total. The predicted molar refractivity (Wildman–Crippen MR) is 94.0 cm³/mol. The van der Waals surface area contributed by atoms with Crippen LogP contribution >= 0.6 is 0 Å². The van der Waals surface area contributed by atoms with Gasteiger partial charge in [-0.15, -0.1) is 0 Å². The van der Waals surface area contributed by atoms with Crippen molar-refractivity contribution in [2.75, 3.05) is 0 Å². The summed E-state index contributed by atoms with van der Waals surface area (Å²) in [7, 11) is 0. The van der Waals surface area contributed by atoms with E-state index in [2.05, 4.69) is 38.1 Å². The minimum absolute atomic E-state index is 0.211. The van der Waals surface area contributed by atoms with E-state index in [4.69, 9.17) is 9.72 Å². The number of rotatable bonds is 4. The molecule has 1 aromatic carbocycles. The molecule has 0 radical (unpaired) electrons. The number of hydrogen-bond acceptors (Lipinski definition) is 2. The van der Waals surface area contributed by atoms with Crippen LogP contribution in [0.4, 0.5) is 0 Å². The van der Waals surface area contributed by atoms with Gasteiger partial charge in [-0.1, -0.05) is 44.9 Å². The second-order valence-corrected chi connectivity index (χ2v) is 6.77. The molecular weight excluding hydrogens is 282 g/mol. The van der Waals surface area contributed by atoms with Crippen LogP contribution in [-0.2, 0) is 19.3 Å². The van der Waals surface area contributed by atoms with Gasteiger partial charge >= 0.3 is 0 Å². The summed E-state index contributed by atoms with van der Waals surface area (Å²) in [6.45, 7) is 4.52. The molecule has 1 aliphatic carbocycles. The highest BCUT2D eigenvalue weighted by Gasteiger charge is 2.34. The fourth-order valence-electron chi connectivity index (χ4n) is 4.20. The molecule has 0 amide bonds. The monoisotopic (exact) mass is 307 g/mol. The van der Waals surface area contributed by atoms with E-state index < -0.39 is 0 Å². The zero-order valence-electron chi connectivity index (χ0n) is 14.2. The Labute approximate surface area is 138 Å². The lowest BCUT2D eigenvalue weighted by Gasteiger charge is -2.35. The number of hydrogen-bond donors (Lipinski definition) is 0. The van der Waals surface area contributed by atoms with Crippen LogP contribution in [0.3, 0.4) is 0 Å². The molecule has 1 atom stereocenters. The number of aromatic nitrogens is 1. The molecule has 2 heteroatoms. The van der Waals surface area contributed by atoms with Gasteiger partial charge in [-0.3, -0.25) is 4.98 Å². The van der Waals surface area contributed by atoms with Crippen molar-refractivity contribution in [2.45, 2.75) is 64.9 Å². The SMILES string of the molecule is CCCc1nc2c3c(c1CCC)-c1ccccc1OC3CCC2. The van der Waals surface area contributed by atoms with E-state index in [1.807, 2.05) is 0 Å². The van der Waals surface area contributed by atoms with Crippen molar-refractivity contribution in [3.05, 3.63) is 46.8 Å². The highest BCUT2D eigenvalue weighted by Crippen LogP contribution is 2.49. The first-order valence-electron chi connectivity index (χ1n) is 9.14. The molecule has 2 heterocycles. The van der Waals surface area contributed by atoms with E-state index in [1.54, 1.807) is 0 Å². The number of para-hydroxylation sites is 1. The molecule has 0 bridgehead atoms. The van der Waals surface area contributed by atoms with E-state index in [0.29, 0.717) is 0 Å². The molecule has 2 aromatic rings. The summed E-state index contributed by atoms with van der Waals surface area (Å²) in [6.07, 6.45) is 8.14. The molecule has 1 aromatic heterocycles. The smallest absolute Gasteiger partial charge is 0.128 e. The molecular formula is C21H25NO. The van der Waals surface area contributed by atoms with Gasteiger partial charge in [0.15, 0.2) is 0 Å². The lowest BCUT2D eigenvalue weighted by Crippen LogP contribution is -2.23. The van der Waals surface area contributed by atoms with Gasteiger partial charge in [-0.05, 0) is 49.3 Å². The number of ether oxygens (including phenoxy) is 1. The quantitative estimate of drug-likeness (QED) is 0.752. The Bertz CT molecular complexity index is 735. The second kappa shape index (κ2) is 5.99. The van der Waals surface area contributed by atoms with E-state index >= 15 is 0 Å². The van der Waals surface area contributed by atoms with E-state index in [1.165, 1.54) is 40.1 Å². The van der Waals surface area contributed by atoms with Crippen molar-refractivity contribution in [1.29, 1.82) is 0 Å². The first-order chi connectivity index (χ1) is 11.3. The number of nitrogens with zero attached hydrogens (tertiary/aromatic N) is 1. The third-order valence-electron chi connectivity index (χ3n) is 5.11. The molecule has 0 saturated carbocycles. The van der Waals surface area contributed by atoms with Crippen molar-refractivity contribution < 1.29 is 4.74 Å². The van der Waals surface area contributed by atoms with E-state index in [0.717, 1.165) is 44.3 Å². The lowest BCUT2D eigenvalue weighted by molar-refractivity contribution is 0.178. The molecule has 1 aliphatic heterocycles. The maximum absolute atomic E-state index is 6.33. The fraction of sp³-hybridized carbons (Fsp3) is 0.476. The zero-order valence-corrected chi connectivity index (χ0v) is 14.2. The maximum Gasteiger partial charge on any atom is 0.128 e. The van der Waals surface area contributed by atoms with E-state index in [9.17, 15) is 0 Å². The largest absolute Gasteiger partial charge is 0.485 e. The Morgan fingerprint density at radius 1 is 1.13 bits per heavy atom. The van der Waals surface area contributed by atoms with Gasteiger partial charge < -0.3 is 4.74 Å². The van der Waals surface area contributed by atoms with Gasteiger partial charge in [0.1, 0.15) is 11.9 Å². The van der Waals surface area contributed by atoms with Crippen molar-refractivity contribution in [2.24, 2.45) is 0 Å². The average Bonchev–Trinajstić information content (AvgIpc) is 2.58. The van der Waals surface area contributed by atoms with Crippen LogP contribution in [0.1, 0.15) is 68.1 Å². The normalized spacial score (nSPS) is 18.1. The summed E-state index contributed by atoms with van der Waals surface area (Å²) in [5.41, 5.74) is 8.26. The Morgan fingerprint density at radius 2 is 1.96 bits per heavy atom. The number of fused-ring (bicyclic) bond motifs is 2.